The van der Waals surface area contributed by atoms with Gasteiger partial charge in [-0.3, -0.25) is 4.79 Å². The van der Waals surface area contributed by atoms with Crippen LogP contribution in [-0.4, -0.2) is 18.9 Å². The fourth-order valence-electron chi connectivity index (χ4n) is 0.844. The highest BCUT2D eigenvalue weighted by atomic mass is 16.7. The van der Waals surface area contributed by atoms with Crippen molar-refractivity contribution in [1.29, 1.82) is 0 Å². The van der Waals surface area contributed by atoms with Crippen molar-refractivity contribution in [3.63, 3.8) is 0 Å². The first-order valence-corrected chi connectivity index (χ1v) is 5.30. The monoisotopic (exact) mass is 202 g/mol. The largest absolute Gasteiger partial charge is 0.435 e. The van der Waals surface area contributed by atoms with Crippen molar-refractivity contribution in [2.24, 2.45) is 5.41 Å². The Morgan fingerprint density at radius 2 is 1.86 bits per heavy atom. The van der Waals surface area contributed by atoms with Crippen molar-refractivity contribution in [2.75, 3.05) is 6.61 Å². The normalized spacial score (nSPS) is 13.8. The van der Waals surface area contributed by atoms with E-state index in [1.807, 2.05) is 34.6 Å². The van der Waals surface area contributed by atoms with E-state index in [1.165, 1.54) is 0 Å². The second-order valence-corrected chi connectivity index (χ2v) is 3.94. The Kier molecular flexibility index (Phi) is 5.77. The fraction of sp³-hybridized carbons (Fsp3) is 0.909. The molecule has 1 unspecified atom stereocenters. The molecule has 0 aromatic heterocycles. The molecule has 0 bridgehead atoms. The highest BCUT2D eigenvalue weighted by Crippen LogP contribution is 2.22. The van der Waals surface area contributed by atoms with E-state index < -0.39 is 11.7 Å². The Bertz CT molecular complexity index is 175. The van der Waals surface area contributed by atoms with Gasteiger partial charge in [-0.1, -0.05) is 13.8 Å². The van der Waals surface area contributed by atoms with Crippen molar-refractivity contribution in [1.82, 2.24) is 0 Å². The first-order valence-electron chi connectivity index (χ1n) is 5.30. The molecule has 0 aliphatic rings. The second kappa shape index (κ2) is 6.02. The second-order valence-electron chi connectivity index (χ2n) is 3.94. The molecule has 0 spiro atoms. The van der Waals surface area contributed by atoms with Crippen LogP contribution in [0.15, 0.2) is 0 Å². The van der Waals surface area contributed by atoms with E-state index in [0.29, 0.717) is 13.0 Å². The molecule has 0 aromatic carbocycles. The van der Waals surface area contributed by atoms with Gasteiger partial charge in [-0.05, 0) is 27.2 Å². The summed E-state index contributed by atoms with van der Waals surface area (Å²) in [6, 6.07) is 0. The third kappa shape index (κ3) is 4.09. The van der Waals surface area contributed by atoms with Gasteiger partial charge in [0.25, 0.3) is 0 Å². The maximum atomic E-state index is 11.6. The van der Waals surface area contributed by atoms with E-state index in [2.05, 4.69) is 0 Å². The number of carbonyl (C=O) groups excluding carboxylic acids is 1. The summed E-state index contributed by atoms with van der Waals surface area (Å²) in [6.45, 7) is 10.1. The van der Waals surface area contributed by atoms with Gasteiger partial charge < -0.3 is 9.47 Å². The molecule has 3 heteroatoms. The minimum atomic E-state index is -0.412. The quantitative estimate of drug-likeness (QED) is 0.490. The lowest BCUT2D eigenvalue weighted by Crippen LogP contribution is -2.31. The molecule has 0 aliphatic carbocycles. The summed E-state index contributed by atoms with van der Waals surface area (Å²) in [5, 5.41) is 0. The van der Waals surface area contributed by atoms with Gasteiger partial charge in [-0.25, -0.2) is 0 Å². The molecule has 0 radical (unpaired) electrons. The standard InChI is InChI=1S/C11H22O3/c1-6-9(13-8-3)14-10(12)11(4,5)7-2/h9H,6-8H2,1-5H3. The molecule has 0 rings (SSSR count). The van der Waals surface area contributed by atoms with Crippen LogP contribution in [0.3, 0.4) is 0 Å². The minimum absolute atomic E-state index is 0.180. The molecular weight excluding hydrogens is 180 g/mol. The molecule has 0 N–H and O–H groups in total. The summed E-state index contributed by atoms with van der Waals surface area (Å²) in [6.07, 6.45) is 1.08. The predicted molar refractivity (Wildman–Crippen MR) is 55.9 cm³/mol. The summed E-state index contributed by atoms with van der Waals surface area (Å²) in [4.78, 5) is 11.6. The van der Waals surface area contributed by atoms with Gasteiger partial charge in [-0.15, -0.1) is 0 Å². The van der Waals surface area contributed by atoms with E-state index in [9.17, 15) is 4.79 Å². The number of hydrogen-bond donors (Lipinski definition) is 0. The molecule has 0 saturated carbocycles. The van der Waals surface area contributed by atoms with E-state index in [-0.39, 0.29) is 5.97 Å². The lowest BCUT2D eigenvalue weighted by atomic mass is 9.91. The van der Waals surface area contributed by atoms with Crippen molar-refractivity contribution in [3.05, 3.63) is 0 Å². The third-order valence-corrected chi connectivity index (χ3v) is 2.36. The van der Waals surface area contributed by atoms with Crippen LogP contribution in [0, 0.1) is 5.41 Å². The Balaban J connectivity index is 4.15. The first-order chi connectivity index (χ1) is 6.47. The maximum absolute atomic E-state index is 11.6. The van der Waals surface area contributed by atoms with Crippen LogP contribution < -0.4 is 0 Å². The van der Waals surface area contributed by atoms with Crippen LogP contribution in [0.4, 0.5) is 0 Å². The van der Waals surface area contributed by atoms with Crippen molar-refractivity contribution in [3.8, 4) is 0 Å². The highest BCUT2D eigenvalue weighted by Gasteiger charge is 2.29. The molecule has 0 heterocycles. The van der Waals surface area contributed by atoms with Gasteiger partial charge in [0.05, 0.1) is 5.41 Å². The lowest BCUT2D eigenvalue weighted by Gasteiger charge is -2.24. The number of hydrogen-bond acceptors (Lipinski definition) is 3. The number of rotatable bonds is 6. The lowest BCUT2D eigenvalue weighted by molar-refractivity contribution is -0.188. The zero-order chi connectivity index (χ0) is 11.2. The van der Waals surface area contributed by atoms with Crippen LogP contribution in [0.1, 0.15) is 47.5 Å². The Hall–Kier alpha value is -0.570. The smallest absolute Gasteiger partial charge is 0.313 e. The van der Waals surface area contributed by atoms with Gasteiger partial charge in [0.2, 0.25) is 6.29 Å². The summed E-state index contributed by atoms with van der Waals surface area (Å²) in [5.41, 5.74) is -0.412. The van der Waals surface area contributed by atoms with Crippen molar-refractivity contribution in [2.45, 2.75) is 53.8 Å². The zero-order valence-electron chi connectivity index (χ0n) is 9.92. The predicted octanol–water partition coefficient (Wildman–Crippen LogP) is 2.74. The van der Waals surface area contributed by atoms with Gasteiger partial charge in [-0.2, -0.15) is 0 Å². The van der Waals surface area contributed by atoms with Crippen molar-refractivity contribution < 1.29 is 14.3 Å². The number of ether oxygens (including phenoxy) is 2. The van der Waals surface area contributed by atoms with Crippen LogP contribution in [0.2, 0.25) is 0 Å². The van der Waals surface area contributed by atoms with Crippen LogP contribution in [-0.2, 0) is 14.3 Å². The minimum Gasteiger partial charge on any atom is -0.435 e. The third-order valence-electron chi connectivity index (χ3n) is 2.36. The topological polar surface area (TPSA) is 35.5 Å². The summed E-state index contributed by atoms with van der Waals surface area (Å²) in [5.74, 6) is -0.180. The SMILES string of the molecule is CCOC(CC)OC(=O)C(C)(C)CC. The summed E-state index contributed by atoms with van der Waals surface area (Å²) in [7, 11) is 0. The van der Waals surface area contributed by atoms with Gasteiger partial charge >= 0.3 is 5.97 Å². The Morgan fingerprint density at radius 3 is 2.21 bits per heavy atom. The first kappa shape index (κ1) is 13.4. The van der Waals surface area contributed by atoms with E-state index >= 15 is 0 Å². The van der Waals surface area contributed by atoms with Crippen LogP contribution >= 0.6 is 0 Å². The molecule has 14 heavy (non-hydrogen) atoms. The highest BCUT2D eigenvalue weighted by molar-refractivity contribution is 5.75. The molecule has 0 saturated heterocycles. The molecule has 0 aliphatic heterocycles. The summed E-state index contributed by atoms with van der Waals surface area (Å²) >= 11 is 0. The van der Waals surface area contributed by atoms with Crippen LogP contribution in [0.25, 0.3) is 0 Å². The summed E-state index contributed by atoms with van der Waals surface area (Å²) < 4.78 is 10.5. The molecule has 84 valence electrons. The number of carbonyl (C=O) groups is 1. The molecule has 3 nitrogen and oxygen atoms in total. The average Bonchev–Trinajstić information content (AvgIpc) is 2.16. The van der Waals surface area contributed by atoms with Gasteiger partial charge in [0.1, 0.15) is 0 Å². The van der Waals surface area contributed by atoms with E-state index in [0.717, 1.165) is 6.42 Å². The number of esters is 1. The van der Waals surface area contributed by atoms with Crippen LogP contribution in [0.5, 0.6) is 0 Å². The molecule has 0 amide bonds. The van der Waals surface area contributed by atoms with Gasteiger partial charge in [0.15, 0.2) is 0 Å². The Morgan fingerprint density at radius 1 is 1.29 bits per heavy atom. The fourth-order valence-corrected chi connectivity index (χ4v) is 0.844. The maximum Gasteiger partial charge on any atom is 0.313 e. The molecule has 1 atom stereocenters. The Labute approximate surface area is 86.8 Å². The molecule has 0 aromatic rings. The zero-order valence-corrected chi connectivity index (χ0v) is 9.92. The average molecular weight is 202 g/mol. The van der Waals surface area contributed by atoms with E-state index in [1.54, 1.807) is 0 Å². The van der Waals surface area contributed by atoms with Crippen molar-refractivity contribution >= 4 is 5.97 Å². The van der Waals surface area contributed by atoms with E-state index in [4.69, 9.17) is 9.47 Å². The molecule has 0 fully saturated rings. The van der Waals surface area contributed by atoms with Gasteiger partial charge in [0, 0.05) is 13.0 Å². The molecular formula is C11H22O3.